The van der Waals surface area contributed by atoms with Crippen LogP contribution in [0.4, 0.5) is 43.9 Å². The molecule has 254 valence electrons. The Morgan fingerprint density at radius 2 is 0.894 bits per heavy atom. The Morgan fingerprint density at radius 1 is 0.596 bits per heavy atom. The van der Waals surface area contributed by atoms with Crippen molar-refractivity contribution in [3.63, 3.8) is 0 Å². The van der Waals surface area contributed by atoms with Crippen LogP contribution in [-0.4, -0.2) is 26.4 Å². The first-order chi connectivity index (χ1) is 21.7. The van der Waals surface area contributed by atoms with Crippen molar-refractivity contribution >= 4 is 74.4 Å². The molecule has 4 aromatic carbocycles. The molecule has 6 nitrogen and oxygen atoms in total. The molecule has 0 aliphatic carbocycles. The third kappa shape index (κ3) is 13.3. The Labute approximate surface area is 284 Å². The molecule has 0 saturated carbocycles. The summed E-state index contributed by atoms with van der Waals surface area (Å²) in [7, 11) is 7.36. The number of phenols is 1. The number of rotatable bonds is 3. The summed E-state index contributed by atoms with van der Waals surface area (Å²) in [5, 5.41) is 16.8. The number of hydrogen-bond acceptors (Lipinski definition) is 5. The van der Waals surface area contributed by atoms with E-state index >= 15 is 0 Å². The predicted octanol–water partition coefficient (Wildman–Crippen LogP) is 9.64. The van der Waals surface area contributed by atoms with Crippen LogP contribution in [0.2, 0.25) is 0 Å². The lowest BCUT2D eigenvalue weighted by atomic mass is 10.2. The summed E-state index contributed by atoms with van der Waals surface area (Å²) >= 11 is 5.64. The number of aromatic carboxylic acids is 1. The lowest BCUT2D eigenvalue weighted by Gasteiger charge is -2.07. The molecule has 0 saturated heterocycles. The van der Waals surface area contributed by atoms with Crippen molar-refractivity contribution in [3.05, 3.63) is 127 Å². The van der Waals surface area contributed by atoms with Crippen molar-refractivity contribution in [2.45, 2.75) is 0 Å². The third-order valence-corrected chi connectivity index (χ3v) is 5.48. The van der Waals surface area contributed by atoms with Crippen LogP contribution in [0.3, 0.4) is 0 Å². The molecule has 0 radical (unpaired) electrons. The summed E-state index contributed by atoms with van der Waals surface area (Å²) < 4.78 is 141. The van der Waals surface area contributed by atoms with Crippen LogP contribution in [0.25, 0.3) is 0 Å². The molecule has 21 heteroatoms. The van der Waals surface area contributed by atoms with Crippen LogP contribution in [0, 0.1) is 58.2 Å². The van der Waals surface area contributed by atoms with Crippen molar-refractivity contribution in [2.24, 2.45) is 0 Å². The summed E-state index contributed by atoms with van der Waals surface area (Å²) in [6.45, 7) is 0. The van der Waals surface area contributed by atoms with E-state index in [2.05, 4.69) is 58.0 Å². The van der Waals surface area contributed by atoms with Gasteiger partial charge in [-0.05, 0) is 24.3 Å². The highest BCUT2D eigenvalue weighted by Crippen LogP contribution is 2.24. The molecule has 0 heterocycles. The molecule has 0 aliphatic rings. The summed E-state index contributed by atoms with van der Waals surface area (Å²) in [6.07, 6.45) is 0. The Kier molecular flexibility index (Phi) is 16.7. The summed E-state index contributed by atoms with van der Waals surface area (Å²) in [4.78, 5) is 21.9. The minimum atomic E-state index is -1.75. The fourth-order valence-corrected chi connectivity index (χ4v) is 3.58. The topological polar surface area (TPSA) is 101 Å². The normalized spacial score (nSPS) is 10.1. The lowest BCUT2D eigenvalue weighted by molar-refractivity contribution is 0.0683. The minimum Gasteiger partial charge on any atom is -0.508 e. The van der Waals surface area contributed by atoms with Gasteiger partial charge in [0.2, 0.25) is 9.23 Å². The van der Waals surface area contributed by atoms with E-state index in [9.17, 15) is 53.5 Å². The largest absolute Gasteiger partial charge is 0.508 e. The maximum Gasteiger partial charge on any atom is 0.349 e. The van der Waals surface area contributed by atoms with Crippen molar-refractivity contribution in [3.8, 4) is 11.5 Å². The Balaban J connectivity index is 0.000000359. The van der Waals surface area contributed by atoms with Crippen LogP contribution < -0.4 is 4.74 Å². The van der Waals surface area contributed by atoms with Gasteiger partial charge in [0.05, 0.1) is 0 Å². The molecule has 0 aromatic heterocycles. The average Bonchev–Trinajstić information content (AvgIpc) is 2.89. The molecular formula is C26H10Br2Cl2F10O6S. The first-order valence-electron chi connectivity index (χ1n) is 11.1. The van der Waals surface area contributed by atoms with Gasteiger partial charge in [-0.25, -0.2) is 57.7 Å². The van der Waals surface area contributed by atoms with Gasteiger partial charge in [-0.3, -0.25) is 0 Å². The predicted molar refractivity (Wildman–Crippen MR) is 154 cm³/mol. The second-order valence-corrected chi connectivity index (χ2v) is 12.1. The van der Waals surface area contributed by atoms with Gasteiger partial charge >= 0.3 is 11.9 Å². The Hall–Kier alpha value is -3.39. The number of benzene rings is 4. The first-order valence-corrected chi connectivity index (χ1v) is 15.5. The van der Waals surface area contributed by atoms with Gasteiger partial charge in [-0.2, -0.15) is 0 Å². The number of ether oxygens (including phenoxy) is 1. The average molecular weight is 871 g/mol. The van der Waals surface area contributed by atoms with Crippen LogP contribution >= 0.6 is 53.2 Å². The zero-order valence-corrected chi connectivity index (χ0v) is 27.3. The number of carboxylic acid groups (broad SMARTS) is 1. The highest BCUT2D eigenvalue weighted by Gasteiger charge is 2.22. The van der Waals surface area contributed by atoms with Crippen molar-refractivity contribution in [2.75, 3.05) is 0 Å². The Morgan fingerprint density at radius 3 is 1.21 bits per heavy atom. The molecule has 0 unspecified atom stereocenters. The number of carbonyl (C=O) groups is 2. The van der Waals surface area contributed by atoms with E-state index in [0.29, 0.717) is 24.3 Å². The number of halogens is 14. The second kappa shape index (κ2) is 18.8. The smallest absolute Gasteiger partial charge is 0.349 e. The molecule has 47 heavy (non-hydrogen) atoms. The summed E-state index contributed by atoms with van der Waals surface area (Å²) in [5.74, 6) is -18.4. The van der Waals surface area contributed by atoms with Gasteiger partial charge in [0, 0.05) is 54.6 Å². The maximum absolute atomic E-state index is 13.5. The highest BCUT2D eigenvalue weighted by molar-refractivity contribution is 9.10. The number of phenolic OH excluding ortho intramolecular Hbond substituents is 1. The van der Waals surface area contributed by atoms with Crippen molar-refractivity contribution in [1.29, 1.82) is 0 Å². The monoisotopic (exact) mass is 868 g/mol. The van der Waals surface area contributed by atoms with Crippen molar-refractivity contribution in [1.82, 2.24) is 0 Å². The molecule has 2 N–H and O–H groups in total. The molecule has 0 spiro atoms. The minimum absolute atomic E-state index is 0.0490. The van der Waals surface area contributed by atoms with E-state index in [1.54, 1.807) is 0 Å². The molecule has 4 rings (SSSR count). The van der Waals surface area contributed by atoms with E-state index in [0.717, 1.165) is 24.3 Å². The maximum atomic E-state index is 13.5. The third-order valence-electron chi connectivity index (χ3n) is 4.57. The second-order valence-electron chi connectivity index (χ2n) is 7.79. The van der Waals surface area contributed by atoms with Crippen molar-refractivity contribution < 1.29 is 72.7 Å². The molecule has 0 atom stereocenters. The lowest BCUT2D eigenvalue weighted by Crippen LogP contribution is -2.13. The first kappa shape index (κ1) is 41.6. The van der Waals surface area contributed by atoms with Gasteiger partial charge in [0.15, 0.2) is 34.9 Å². The van der Waals surface area contributed by atoms with Gasteiger partial charge in [0.1, 0.15) is 45.9 Å². The van der Waals surface area contributed by atoms with E-state index in [1.807, 2.05) is 0 Å². The fourth-order valence-electron chi connectivity index (χ4n) is 2.78. The number of hydrogen-bond donors (Lipinski definition) is 2. The highest BCUT2D eigenvalue weighted by atomic mass is 79.9. The van der Waals surface area contributed by atoms with Crippen LogP contribution in [0.5, 0.6) is 11.5 Å². The van der Waals surface area contributed by atoms with E-state index in [-0.39, 0.29) is 8.95 Å². The van der Waals surface area contributed by atoms with Gasteiger partial charge in [0.25, 0.3) is 0 Å². The Bertz CT molecular complexity index is 1720. The molecular weight excluding hydrogens is 861 g/mol. The van der Waals surface area contributed by atoms with E-state index < -0.39 is 102 Å². The van der Waals surface area contributed by atoms with E-state index in [4.69, 9.17) is 14.4 Å². The summed E-state index contributed by atoms with van der Waals surface area (Å²) in [5.41, 5.74) is -1.97. The fraction of sp³-hybridized carbons (Fsp3) is 0. The SMILES string of the molecule is O=C(O)c1c(F)cc(Br)cc1F.O=C(Oc1cc(F)c(F)c(F)c1)c1c(F)cc(Br)cc1F.O=S(Cl)Cl.Oc1cc(F)c(F)c(F)c1. The van der Waals surface area contributed by atoms with Crippen LogP contribution in [0.1, 0.15) is 20.7 Å². The van der Waals surface area contributed by atoms with Gasteiger partial charge in [-0.15, -0.1) is 0 Å². The number of carbonyl (C=O) groups excluding carboxylic acids is 1. The van der Waals surface area contributed by atoms with E-state index in [1.165, 1.54) is 0 Å². The molecule has 0 bridgehead atoms. The summed E-state index contributed by atoms with van der Waals surface area (Å²) in [6, 6.07) is 5.17. The standard InChI is InChI=1S/C13H4BrF5O2.C7H3BrF2O2.C6H3F3O.Cl2OS/c14-5-1-7(15)11(8(16)2-5)13(20)21-6-3-9(17)12(19)10(18)4-6;8-3-1-4(9)6(7(11)12)5(10)2-3;7-4-1-3(10)2-5(8)6(4)9;1-4(2)3/h1-4H;1-2H,(H,11,12);1-2,10H;. The molecule has 0 aliphatic heterocycles. The number of carboxylic acids is 1. The van der Waals surface area contributed by atoms with Crippen LogP contribution in [-0.2, 0) is 9.23 Å². The molecule has 0 fully saturated rings. The zero-order chi connectivity index (χ0) is 36.3. The zero-order valence-electron chi connectivity index (χ0n) is 21.8. The van der Waals surface area contributed by atoms with Crippen LogP contribution in [0.15, 0.2) is 57.5 Å². The number of aromatic hydroxyl groups is 1. The van der Waals surface area contributed by atoms with Gasteiger partial charge < -0.3 is 14.9 Å². The van der Waals surface area contributed by atoms with Gasteiger partial charge in [-0.1, -0.05) is 31.9 Å². The number of esters is 1. The molecule has 4 aromatic rings. The molecule has 0 amide bonds. The quantitative estimate of drug-likeness (QED) is 0.0700.